The molecule has 1 amide bonds. The van der Waals surface area contributed by atoms with Crippen LogP contribution in [0.15, 0.2) is 54.6 Å². The number of hydrogen-bond acceptors (Lipinski definition) is 4. The second kappa shape index (κ2) is 9.50. The van der Waals surface area contributed by atoms with Crippen LogP contribution in [0.3, 0.4) is 0 Å². The Morgan fingerprint density at radius 1 is 1.13 bits per heavy atom. The minimum absolute atomic E-state index is 0.199. The number of rotatable bonds is 5. The van der Waals surface area contributed by atoms with E-state index in [1.54, 1.807) is 12.1 Å². The SMILES string of the molecule is CCN1CCN(c2cc(C)c3cc(NC(=O)/C=C/c4ccccc4Cl)ccc3n2)CC1. The van der Waals surface area contributed by atoms with Crippen molar-refractivity contribution in [3.05, 3.63) is 70.8 Å². The number of carbonyl (C=O) groups is 1. The van der Waals surface area contributed by atoms with E-state index in [4.69, 9.17) is 16.6 Å². The van der Waals surface area contributed by atoms with Crippen LogP contribution in [0, 0.1) is 6.92 Å². The Morgan fingerprint density at radius 3 is 2.65 bits per heavy atom. The number of aromatic nitrogens is 1. The van der Waals surface area contributed by atoms with Gasteiger partial charge in [0.15, 0.2) is 0 Å². The first kappa shape index (κ1) is 21.3. The number of nitrogens with zero attached hydrogens (tertiary/aromatic N) is 3. The van der Waals surface area contributed by atoms with Crippen LogP contribution in [0.25, 0.3) is 17.0 Å². The predicted octanol–water partition coefficient (Wildman–Crippen LogP) is 4.99. The quantitative estimate of drug-likeness (QED) is 0.574. The average Bonchev–Trinajstić information content (AvgIpc) is 2.79. The van der Waals surface area contributed by atoms with Gasteiger partial charge in [0.2, 0.25) is 5.91 Å². The third kappa shape index (κ3) is 5.06. The van der Waals surface area contributed by atoms with Gasteiger partial charge in [0.05, 0.1) is 5.52 Å². The topological polar surface area (TPSA) is 48.5 Å². The van der Waals surface area contributed by atoms with Crippen molar-refractivity contribution in [1.29, 1.82) is 0 Å². The van der Waals surface area contributed by atoms with Gasteiger partial charge in [-0.1, -0.05) is 36.7 Å². The summed E-state index contributed by atoms with van der Waals surface area (Å²) in [5.41, 5.74) is 3.65. The second-order valence-electron chi connectivity index (χ2n) is 7.79. The minimum atomic E-state index is -0.199. The van der Waals surface area contributed by atoms with E-state index in [2.05, 4.69) is 35.0 Å². The largest absolute Gasteiger partial charge is 0.354 e. The maximum absolute atomic E-state index is 12.4. The molecule has 0 atom stereocenters. The van der Waals surface area contributed by atoms with Gasteiger partial charge >= 0.3 is 0 Å². The number of pyridine rings is 1. The maximum atomic E-state index is 12.4. The molecule has 2 heterocycles. The summed E-state index contributed by atoms with van der Waals surface area (Å²) in [6.07, 6.45) is 3.21. The summed E-state index contributed by atoms with van der Waals surface area (Å²) in [6.45, 7) is 9.54. The number of anilines is 2. The smallest absolute Gasteiger partial charge is 0.248 e. The van der Waals surface area contributed by atoms with Crippen LogP contribution in [0.1, 0.15) is 18.1 Å². The van der Waals surface area contributed by atoms with Gasteiger partial charge in [-0.2, -0.15) is 0 Å². The fourth-order valence-electron chi connectivity index (χ4n) is 3.87. The summed E-state index contributed by atoms with van der Waals surface area (Å²) < 4.78 is 0. The van der Waals surface area contributed by atoms with Gasteiger partial charge in [0.1, 0.15) is 5.82 Å². The molecular formula is C25H27ClN4O. The Kier molecular flexibility index (Phi) is 6.54. The van der Waals surface area contributed by atoms with Gasteiger partial charge in [0, 0.05) is 48.4 Å². The molecule has 0 radical (unpaired) electrons. The van der Waals surface area contributed by atoms with Crippen LogP contribution in [0.2, 0.25) is 5.02 Å². The van der Waals surface area contributed by atoms with Crippen LogP contribution < -0.4 is 10.2 Å². The molecular weight excluding hydrogens is 408 g/mol. The summed E-state index contributed by atoms with van der Waals surface area (Å²) >= 11 is 6.14. The van der Waals surface area contributed by atoms with Crippen LogP contribution in [0.4, 0.5) is 11.5 Å². The van der Waals surface area contributed by atoms with Gasteiger partial charge < -0.3 is 15.1 Å². The van der Waals surface area contributed by atoms with Crippen molar-refractivity contribution in [3.63, 3.8) is 0 Å². The monoisotopic (exact) mass is 434 g/mol. The van der Waals surface area contributed by atoms with E-state index in [9.17, 15) is 4.79 Å². The minimum Gasteiger partial charge on any atom is -0.354 e. The lowest BCUT2D eigenvalue weighted by molar-refractivity contribution is -0.111. The number of nitrogens with one attached hydrogen (secondary N) is 1. The van der Waals surface area contributed by atoms with Crippen molar-refractivity contribution in [2.45, 2.75) is 13.8 Å². The average molecular weight is 435 g/mol. The van der Waals surface area contributed by atoms with Gasteiger partial charge in [-0.05, 0) is 61.0 Å². The Bertz CT molecular complexity index is 1120. The zero-order chi connectivity index (χ0) is 21.8. The van der Waals surface area contributed by atoms with Crippen LogP contribution >= 0.6 is 11.6 Å². The van der Waals surface area contributed by atoms with Gasteiger partial charge in [-0.3, -0.25) is 4.79 Å². The fraction of sp³-hybridized carbons (Fsp3) is 0.280. The van der Waals surface area contributed by atoms with Crippen LogP contribution in [0.5, 0.6) is 0 Å². The maximum Gasteiger partial charge on any atom is 0.248 e. The van der Waals surface area contributed by atoms with Crippen molar-refractivity contribution in [2.75, 3.05) is 42.9 Å². The van der Waals surface area contributed by atoms with E-state index in [-0.39, 0.29) is 5.91 Å². The standard InChI is InChI=1S/C25H27ClN4O/c1-3-29-12-14-30(15-13-29)24-16-18(2)21-17-20(9-10-23(21)28-24)27-25(31)11-8-19-6-4-5-7-22(19)26/h4-11,16-17H,3,12-15H2,1-2H3,(H,27,31)/b11-8+. The van der Waals surface area contributed by atoms with Gasteiger partial charge in [-0.15, -0.1) is 0 Å². The Balaban J connectivity index is 1.48. The molecule has 1 aliphatic heterocycles. The number of piperazine rings is 1. The van der Waals surface area contributed by atoms with Crippen molar-refractivity contribution in [1.82, 2.24) is 9.88 Å². The molecule has 1 saturated heterocycles. The second-order valence-corrected chi connectivity index (χ2v) is 8.20. The molecule has 160 valence electrons. The van der Waals surface area contributed by atoms with Crippen molar-refractivity contribution < 1.29 is 4.79 Å². The highest BCUT2D eigenvalue weighted by Gasteiger charge is 2.17. The molecule has 1 N–H and O–H groups in total. The fourth-order valence-corrected chi connectivity index (χ4v) is 4.07. The molecule has 0 aliphatic carbocycles. The first-order chi connectivity index (χ1) is 15.0. The number of halogens is 1. The third-order valence-corrected chi connectivity index (χ3v) is 6.08. The summed E-state index contributed by atoms with van der Waals surface area (Å²) in [5, 5.41) is 4.59. The van der Waals surface area contributed by atoms with Gasteiger partial charge in [-0.25, -0.2) is 4.98 Å². The number of aryl methyl sites for hydroxylation is 1. The lowest BCUT2D eigenvalue weighted by Gasteiger charge is -2.35. The molecule has 2 aromatic carbocycles. The normalized spacial score (nSPS) is 15.0. The summed E-state index contributed by atoms with van der Waals surface area (Å²) in [6, 6.07) is 15.4. The molecule has 6 heteroatoms. The van der Waals surface area contributed by atoms with E-state index in [0.29, 0.717) is 5.02 Å². The van der Waals surface area contributed by atoms with E-state index in [1.807, 2.05) is 36.4 Å². The Labute approximate surface area is 188 Å². The Morgan fingerprint density at radius 2 is 1.90 bits per heavy atom. The van der Waals surface area contributed by atoms with E-state index < -0.39 is 0 Å². The zero-order valence-corrected chi connectivity index (χ0v) is 18.7. The molecule has 1 aliphatic rings. The highest BCUT2D eigenvalue weighted by molar-refractivity contribution is 6.32. The molecule has 5 nitrogen and oxygen atoms in total. The number of carbonyl (C=O) groups excluding carboxylic acids is 1. The molecule has 4 rings (SSSR count). The number of hydrogen-bond donors (Lipinski definition) is 1. The van der Waals surface area contributed by atoms with Crippen LogP contribution in [-0.4, -0.2) is 48.5 Å². The molecule has 0 unspecified atom stereocenters. The van der Waals surface area contributed by atoms with Crippen molar-refractivity contribution in [2.24, 2.45) is 0 Å². The van der Waals surface area contributed by atoms with Crippen molar-refractivity contribution >= 4 is 46.0 Å². The molecule has 1 aromatic heterocycles. The lowest BCUT2D eigenvalue weighted by atomic mass is 10.1. The summed E-state index contributed by atoms with van der Waals surface area (Å²) in [5.74, 6) is 0.829. The van der Waals surface area contributed by atoms with E-state index in [1.165, 1.54) is 6.08 Å². The zero-order valence-electron chi connectivity index (χ0n) is 17.9. The highest BCUT2D eigenvalue weighted by atomic mass is 35.5. The van der Waals surface area contributed by atoms with Crippen LogP contribution in [-0.2, 0) is 4.79 Å². The first-order valence-corrected chi connectivity index (χ1v) is 11.0. The summed E-state index contributed by atoms with van der Waals surface area (Å²) in [4.78, 5) is 22.1. The molecule has 0 bridgehead atoms. The third-order valence-electron chi connectivity index (χ3n) is 5.73. The molecule has 0 saturated carbocycles. The molecule has 3 aromatic rings. The van der Waals surface area contributed by atoms with Crippen molar-refractivity contribution in [3.8, 4) is 0 Å². The predicted molar refractivity (Wildman–Crippen MR) is 130 cm³/mol. The number of benzene rings is 2. The van der Waals surface area contributed by atoms with Gasteiger partial charge in [0.25, 0.3) is 0 Å². The van der Waals surface area contributed by atoms with E-state index in [0.717, 1.165) is 66.3 Å². The number of likely N-dealkylation sites (N-methyl/N-ethyl adjacent to an activating group) is 1. The van der Waals surface area contributed by atoms with E-state index >= 15 is 0 Å². The first-order valence-electron chi connectivity index (χ1n) is 10.7. The number of amides is 1. The Hall–Kier alpha value is -2.89. The summed E-state index contributed by atoms with van der Waals surface area (Å²) in [7, 11) is 0. The highest BCUT2D eigenvalue weighted by Crippen LogP contribution is 2.26. The number of fused-ring (bicyclic) bond motifs is 1. The molecule has 1 fully saturated rings. The molecule has 0 spiro atoms. The lowest BCUT2D eigenvalue weighted by Crippen LogP contribution is -2.46. The molecule has 31 heavy (non-hydrogen) atoms.